The Balaban J connectivity index is 1.98. The third-order valence-corrected chi connectivity index (χ3v) is 2.34. The molecule has 1 unspecified atom stereocenters. The SMILES string of the molecule is CC(N)NCCN1CCCCC1. The number of likely N-dealkylation sites (tertiary alicyclic amines) is 1. The van der Waals surface area contributed by atoms with Gasteiger partial charge in [0.1, 0.15) is 0 Å². The van der Waals surface area contributed by atoms with Crippen LogP contribution < -0.4 is 11.1 Å². The average Bonchev–Trinajstić information content (AvgIpc) is 2.05. The molecule has 0 spiro atoms. The summed E-state index contributed by atoms with van der Waals surface area (Å²) in [4.78, 5) is 2.51. The van der Waals surface area contributed by atoms with E-state index in [9.17, 15) is 0 Å². The van der Waals surface area contributed by atoms with Crippen LogP contribution in [0, 0.1) is 0 Å². The van der Waals surface area contributed by atoms with E-state index >= 15 is 0 Å². The molecule has 72 valence electrons. The first-order valence-electron chi connectivity index (χ1n) is 5.00. The second kappa shape index (κ2) is 5.51. The number of piperidine rings is 1. The highest BCUT2D eigenvalue weighted by molar-refractivity contribution is 4.65. The summed E-state index contributed by atoms with van der Waals surface area (Å²) in [5, 5.41) is 3.23. The van der Waals surface area contributed by atoms with E-state index in [4.69, 9.17) is 5.73 Å². The van der Waals surface area contributed by atoms with E-state index in [1.807, 2.05) is 6.92 Å². The van der Waals surface area contributed by atoms with E-state index in [0.29, 0.717) is 0 Å². The van der Waals surface area contributed by atoms with Crippen LogP contribution in [-0.2, 0) is 0 Å². The van der Waals surface area contributed by atoms with Crippen molar-refractivity contribution in [3.8, 4) is 0 Å². The number of rotatable bonds is 4. The molecule has 1 atom stereocenters. The standard InChI is InChI=1S/C9H21N3/c1-9(10)11-5-8-12-6-3-2-4-7-12/h9,11H,2-8,10H2,1H3. The van der Waals surface area contributed by atoms with Crippen LogP contribution in [0.1, 0.15) is 26.2 Å². The van der Waals surface area contributed by atoms with Crippen LogP contribution in [0.5, 0.6) is 0 Å². The fourth-order valence-corrected chi connectivity index (χ4v) is 1.63. The number of nitrogens with zero attached hydrogens (tertiary/aromatic N) is 1. The monoisotopic (exact) mass is 171 g/mol. The molecule has 1 aliphatic heterocycles. The van der Waals surface area contributed by atoms with Crippen LogP contribution >= 0.6 is 0 Å². The van der Waals surface area contributed by atoms with Gasteiger partial charge >= 0.3 is 0 Å². The second-order valence-electron chi connectivity index (χ2n) is 3.65. The highest BCUT2D eigenvalue weighted by Gasteiger charge is 2.08. The highest BCUT2D eigenvalue weighted by atomic mass is 15.1. The lowest BCUT2D eigenvalue weighted by atomic mass is 10.1. The van der Waals surface area contributed by atoms with E-state index in [2.05, 4.69) is 10.2 Å². The van der Waals surface area contributed by atoms with Crippen LogP contribution in [0.4, 0.5) is 0 Å². The van der Waals surface area contributed by atoms with Crippen LogP contribution in [0.3, 0.4) is 0 Å². The molecule has 1 heterocycles. The summed E-state index contributed by atoms with van der Waals surface area (Å²) in [6.07, 6.45) is 4.29. The largest absolute Gasteiger partial charge is 0.316 e. The molecule has 1 saturated heterocycles. The maximum absolute atomic E-state index is 5.58. The van der Waals surface area contributed by atoms with Crippen LogP contribution in [0.15, 0.2) is 0 Å². The van der Waals surface area contributed by atoms with E-state index in [1.54, 1.807) is 0 Å². The zero-order chi connectivity index (χ0) is 8.81. The lowest BCUT2D eigenvalue weighted by molar-refractivity contribution is 0.227. The first-order valence-corrected chi connectivity index (χ1v) is 5.00. The van der Waals surface area contributed by atoms with Crippen molar-refractivity contribution in [1.29, 1.82) is 0 Å². The number of hydrogen-bond donors (Lipinski definition) is 2. The molecular weight excluding hydrogens is 150 g/mol. The molecule has 3 nitrogen and oxygen atoms in total. The molecule has 0 aromatic heterocycles. The predicted molar refractivity (Wildman–Crippen MR) is 51.9 cm³/mol. The summed E-state index contributed by atoms with van der Waals surface area (Å²) in [5.41, 5.74) is 5.58. The molecular formula is C9H21N3. The van der Waals surface area contributed by atoms with Crippen molar-refractivity contribution in [2.45, 2.75) is 32.4 Å². The first-order chi connectivity index (χ1) is 5.79. The van der Waals surface area contributed by atoms with Gasteiger partial charge in [-0.25, -0.2) is 0 Å². The minimum Gasteiger partial charge on any atom is -0.316 e. The molecule has 0 saturated carbocycles. The summed E-state index contributed by atoms with van der Waals surface area (Å²) in [6, 6.07) is 0. The van der Waals surface area contributed by atoms with Gasteiger partial charge in [0.05, 0.1) is 6.17 Å². The molecule has 0 aromatic rings. The number of nitrogens with two attached hydrogens (primary N) is 1. The van der Waals surface area contributed by atoms with Gasteiger partial charge in [-0.05, 0) is 32.9 Å². The summed E-state index contributed by atoms with van der Waals surface area (Å²) in [5.74, 6) is 0. The Morgan fingerprint density at radius 3 is 2.58 bits per heavy atom. The number of hydrogen-bond acceptors (Lipinski definition) is 3. The maximum atomic E-state index is 5.58. The van der Waals surface area contributed by atoms with Crippen molar-refractivity contribution in [2.24, 2.45) is 5.73 Å². The molecule has 0 aliphatic carbocycles. The molecule has 1 fully saturated rings. The van der Waals surface area contributed by atoms with Gasteiger partial charge in [-0.2, -0.15) is 0 Å². The lowest BCUT2D eigenvalue weighted by Crippen LogP contribution is -2.41. The van der Waals surface area contributed by atoms with Gasteiger partial charge in [-0.15, -0.1) is 0 Å². The summed E-state index contributed by atoms with van der Waals surface area (Å²) in [7, 11) is 0. The van der Waals surface area contributed by atoms with Crippen molar-refractivity contribution >= 4 is 0 Å². The molecule has 0 radical (unpaired) electrons. The van der Waals surface area contributed by atoms with Gasteiger partial charge in [0, 0.05) is 13.1 Å². The topological polar surface area (TPSA) is 41.3 Å². The van der Waals surface area contributed by atoms with E-state index in [-0.39, 0.29) is 6.17 Å². The predicted octanol–water partition coefficient (Wildman–Crippen LogP) is 0.367. The Morgan fingerprint density at radius 2 is 2.00 bits per heavy atom. The third kappa shape index (κ3) is 4.04. The normalized spacial score (nSPS) is 22.5. The third-order valence-electron chi connectivity index (χ3n) is 2.34. The molecule has 1 rings (SSSR count). The Hall–Kier alpha value is -0.120. The minimum atomic E-state index is 0.134. The molecule has 3 heteroatoms. The average molecular weight is 171 g/mol. The minimum absolute atomic E-state index is 0.134. The summed E-state index contributed by atoms with van der Waals surface area (Å²) < 4.78 is 0. The summed E-state index contributed by atoms with van der Waals surface area (Å²) in [6.45, 7) is 6.72. The van der Waals surface area contributed by atoms with Crippen molar-refractivity contribution < 1.29 is 0 Å². The Labute approximate surface area is 75.3 Å². The van der Waals surface area contributed by atoms with E-state index in [0.717, 1.165) is 13.1 Å². The van der Waals surface area contributed by atoms with Gasteiger partial charge < -0.3 is 16.0 Å². The first kappa shape index (κ1) is 9.96. The Bertz CT molecular complexity index is 108. The van der Waals surface area contributed by atoms with Crippen molar-refractivity contribution in [3.63, 3.8) is 0 Å². The van der Waals surface area contributed by atoms with Crippen LogP contribution in [-0.4, -0.2) is 37.2 Å². The van der Waals surface area contributed by atoms with Crippen molar-refractivity contribution in [3.05, 3.63) is 0 Å². The van der Waals surface area contributed by atoms with Crippen LogP contribution in [0.2, 0.25) is 0 Å². The van der Waals surface area contributed by atoms with E-state index in [1.165, 1.54) is 32.4 Å². The van der Waals surface area contributed by atoms with Gasteiger partial charge in [0.2, 0.25) is 0 Å². The zero-order valence-electron chi connectivity index (χ0n) is 8.05. The molecule has 0 amide bonds. The van der Waals surface area contributed by atoms with Gasteiger partial charge in [0.15, 0.2) is 0 Å². The van der Waals surface area contributed by atoms with Crippen LogP contribution in [0.25, 0.3) is 0 Å². The second-order valence-corrected chi connectivity index (χ2v) is 3.65. The van der Waals surface area contributed by atoms with E-state index < -0.39 is 0 Å². The maximum Gasteiger partial charge on any atom is 0.0517 e. The molecule has 0 aromatic carbocycles. The Kier molecular flexibility index (Phi) is 4.58. The summed E-state index contributed by atoms with van der Waals surface area (Å²) >= 11 is 0. The number of nitrogens with one attached hydrogen (secondary N) is 1. The van der Waals surface area contributed by atoms with Gasteiger partial charge in [0.25, 0.3) is 0 Å². The molecule has 12 heavy (non-hydrogen) atoms. The lowest BCUT2D eigenvalue weighted by Gasteiger charge is -2.26. The Morgan fingerprint density at radius 1 is 1.33 bits per heavy atom. The van der Waals surface area contributed by atoms with Gasteiger partial charge in [-0.1, -0.05) is 6.42 Å². The fourth-order valence-electron chi connectivity index (χ4n) is 1.63. The highest BCUT2D eigenvalue weighted by Crippen LogP contribution is 2.07. The van der Waals surface area contributed by atoms with Crippen molar-refractivity contribution in [2.75, 3.05) is 26.2 Å². The van der Waals surface area contributed by atoms with Crippen molar-refractivity contribution in [1.82, 2.24) is 10.2 Å². The fraction of sp³-hybridized carbons (Fsp3) is 1.00. The zero-order valence-corrected chi connectivity index (χ0v) is 8.05. The quantitative estimate of drug-likeness (QED) is 0.600. The smallest absolute Gasteiger partial charge is 0.0517 e. The molecule has 3 N–H and O–H groups in total. The molecule has 1 aliphatic rings. The van der Waals surface area contributed by atoms with Gasteiger partial charge in [-0.3, -0.25) is 0 Å². The molecule has 0 bridgehead atoms.